The Morgan fingerprint density at radius 2 is 2.00 bits per heavy atom. The summed E-state index contributed by atoms with van der Waals surface area (Å²) < 4.78 is 30.7. The molecule has 0 aliphatic rings. The molecule has 7 heteroatoms. The smallest absolute Gasteiger partial charge is 0.238 e. The number of hydrogen-bond donors (Lipinski definition) is 1. The quantitative estimate of drug-likeness (QED) is 0.732. The first-order valence-corrected chi connectivity index (χ1v) is 9.66. The van der Waals surface area contributed by atoms with Crippen LogP contribution in [0.4, 0.5) is 0 Å². The van der Waals surface area contributed by atoms with E-state index in [1.807, 2.05) is 24.3 Å². The number of fused-ring (bicyclic) bond motifs is 1. The zero-order chi connectivity index (χ0) is 18.0. The van der Waals surface area contributed by atoms with Crippen molar-refractivity contribution in [1.82, 2.24) is 9.55 Å². The van der Waals surface area contributed by atoms with Gasteiger partial charge in [-0.15, -0.1) is 0 Å². The number of imidazole rings is 1. The van der Waals surface area contributed by atoms with Crippen molar-refractivity contribution in [2.45, 2.75) is 31.2 Å². The summed E-state index contributed by atoms with van der Waals surface area (Å²) in [6.45, 7) is 2.93. The van der Waals surface area contributed by atoms with Crippen LogP contribution in [-0.2, 0) is 16.6 Å². The lowest BCUT2D eigenvalue weighted by Gasteiger charge is -2.09. The van der Waals surface area contributed by atoms with Crippen molar-refractivity contribution < 1.29 is 13.2 Å². The van der Waals surface area contributed by atoms with Gasteiger partial charge in [-0.25, -0.2) is 18.5 Å². The molecule has 3 rings (SSSR count). The summed E-state index contributed by atoms with van der Waals surface area (Å²) in [5.74, 6) is 1.53. The van der Waals surface area contributed by atoms with Crippen LogP contribution >= 0.6 is 0 Å². The Morgan fingerprint density at radius 1 is 1.20 bits per heavy atom. The molecular formula is C18H21N3O3S. The van der Waals surface area contributed by atoms with Gasteiger partial charge >= 0.3 is 0 Å². The SMILES string of the molecule is CCCCn1c(-c2cccc(OC)c2)nc2cc(S(N)(=O)=O)ccc21. The number of nitrogens with zero attached hydrogens (tertiary/aromatic N) is 2. The Balaban J connectivity index is 2.21. The summed E-state index contributed by atoms with van der Waals surface area (Å²) in [4.78, 5) is 4.74. The molecule has 2 aromatic carbocycles. The molecular weight excluding hydrogens is 338 g/mol. The first kappa shape index (κ1) is 17.4. The van der Waals surface area contributed by atoms with E-state index in [0.717, 1.165) is 42.0 Å². The fourth-order valence-electron chi connectivity index (χ4n) is 2.81. The molecule has 132 valence electrons. The molecule has 0 unspecified atom stereocenters. The number of unbranched alkanes of at least 4 members (excludes halogenated alkanes) is 1. The third-order valence-electron chi connectivity index (χ3n) is 4.11. The highest BCUT2D eigenvalue weighted by Crippen LogP contribution is 2.29. The van der Waals surface area contributed by atoms with Gasteiger partial charge in [0.2, 0.25) is 10.0 Å². The van der Waals surface area contributed by atoms with Gasteiger partial charge in [0.15, 0.2) is 0 Å². The molecule has 0 amide bonds. The standard InChI is InChI=1S/C18H21N3O3S/c1-3-4-10-21-17-9-8-15(25(19,22)23)12-16(17)20-18(21)13-6-5-7-14(11-13)24-2/h5-9,11-12H,3-4,10H2,1-2H3,(H2,19,22,23). The second kappa shape index (κ2) is 6.85. The van der Waals surface area contributed by atoms with Crippen molar-refractivity contribution in [3.05, 3.63) is 42.5 Å². The van der Waals surface area contributed by atoms with Crippen LogP contribution in [0.25, 0.3) is 22.4 Å². The molecule has 2 N–H and O–H groups in total. The monoisotopic (exact) mass is 359 g/mol. The average molecular weight is 359 g/mol. The van der Waals surface area contributed by atoms with Gasteiger partial charge in [0, 0.05) is 12.1 Å². The third-order valence-corrected chi connectivity index (χ3v) is 5.02. The largest absolute Gasteiger partial charge is 0.497 e. The van der Waals surface area contributed by atoms with E-state index in [0.29, 0.717) is 5.52 Å². The van der Waals surface area contributed by atoms with Crippen LogP contribution in [0.15, 0.2) is 47.4 Å². The number of hydrogen-bond acceptors (Lipinski definition) is 4. The van der Waals surface area contributed by atoms with Crippen LogP contribution in [0.2, 0.25) is 0 Å². The summed E-state index contributed by atoms with van der Waals surface area (Å²) >= 11 is 0. The predicted molar refractivity (Wildman–Crippen MR) is 98.0 cm³/mol. The summed E-state index contributed by atoms with van der Waals surface area (Å²) in [6, 6.07) is 12.5. The Hall–Kier alpha value is -2.38. The van der Waals surface area contributed by atoms with Crippen LogP contribution in [0.1, 0.15) is 19.8 Å². The molecule has 1 heterocycles. The minimum Gasteiger partial charge on any atom is -0.497 e. The Morgan fingerprint density at radius 3 is 2.68 bits per heavy atom. The summed E-state index contributed by atoms with van der Waals surface area (Å²) in [6.07, 6.45) is 2.05. The van der Waals surface area contributed by atoms with E-state index in [1.54, 1.807) is 13.2 Å². The molecule has 1 aromatic heterocycles. The number of sulfonamides is 1. The van der Waals surface area contributed by atoms with Crippen LogP contribution in [0, 0.1) is 0 Å². The molecule has 0 bridgehead atoms. The zero-order valence-electron chi connectivity index (χ0n) is 14.3. The number of benzene rings is 2. The Labute approximate surface area is 147 Å². The summed E-state index contributed by atoms with van der Waals surface area (Å²) in [5, 5.41) is 5.24. The number of nitrogens with two attached hydrogens (primary N) is 1. The summed E-state index contributed by atoms with van der Waals surface area (Å²) in [7, 11) is -2.14. The Kier molecular flexibility index (Phi) is 4.78. The zero-order valence-corrected chi connectivity index (χ0v) is 15.1. The fourth-order valence-corrected chi connectivity index (χ4v) is 3.35. The lowest BCUT2D eigenvalue weighted by molar-refractivity contribution is 0.415. The molecule has 0 aliphatic heterocycles. The number of aryl methyl sites for hydroxylation is 1. The first-order valence-electron chi connectivity index (χ1n) is 8.11. The van der Waals surface area contributed by atoms with Gasteiger partial charge in [0.25, 0.3) is 0 Å². The lowest BCUT2D eigenvalue weighted by atomic mass is 10.2. The second-order valence-electron chi connectivity index (χ2n) is 5.87. The van der Waals surface area contributed by atoms with Crippen LogP contribution < -0.4 is 9.88 Å². The van der Waals surface area contributed by atoms with Crippen LogP contribution in [0.3, 0.4) is 0 Å². The molecule has 0 saturated heterocycles. The molecule has 3 aromatic rings. The van der Waals surface area contributed by atoms with E-state index in [4.69, 9.17) is 9.88 Å². The van der Waals surface area contributed by atoms with Gasteiger partial charge in [0.05, 0.1) is 23.0 Å². The first-order chi connectivity index (χ1) is 11.9. The van der Waals surface area contributed by atoms with Crippen LogP contribution in [0.5, 0.6) is 5.75 Å². The van der Waals surface area contributed by atoms with Crippen LogP contribution in [-0.4, -0.2) is 25.1 Å². The maximum Gasteiger partial charge on any atom is 0.238 e. The Bertz CT molecular complexity index is 1010. The maximum absolute atomic E-state index is 11.6. The highest BCUT2D eigenvalue weighted by molar-refractivity contribution is 7.89. The van der Waals surface area contributed by atoms with E-state index >= 15 is 0 Å². The van der Waals surface area contributed by atoms with Crippen molar-refractivity contribution in [3.8, 4) is 17.1 Å². The second-order valence-corrected chi connectivity index (χ2v) is 7.43. The molecule has 0 atom stereocenters. The summed E-state index contributed by atoms with van der Waals surface area (Å²) in [5.41, 5.74) is 2.42. The molecule has 0 radical (unpaired) electrons. The minimum atomic E-state index is -3.76. The highest BCUT2D eigenvalue weighted by Gasteiger charge is 2.16. The number of ether oxygens (including phenoxy) is 1. The van der Waals surface area contributed by atoms with Crippen molar-refractivity contribution in [3.63, 3.8) is 0 Å². The molecule has 0 spiro atoms. The minimum absolute atomic E-state index is 0.0670. The lowest BCUT2D eigenvalue weighted by Crippen LogP contribution is -2.11. The van der Waals surface area contributed by atoms with E-state index < -0.39 is 10.0 Å². The van der Waals surface area contributed by atoms with Gasteiger partial charge in [-0.2, -0.15) is 0 Å². The number of aromatic nitrogens is 2. The molecule has 0 aliphatic carbocycles. The van der Waals surface area contributed by atoms with E-state index in [1.165, 1.54) is 12.1 Å². The van der Waals surface area contributed by atoms with Crippen molar-refractivity contribution in [2.75, 3.05) is 7.11 Å². The van der Waals surface area contributed by atoms with Gasteiger partial charge in [-0.3, -0.25) is 0 Å². The molecule has 6 nitrogen and oxygen atoms in total. The van der Waals surface area contributed by atoms with Crippen molar-refractivity contribution in [2.24, 2.45) is 5.14 Å². The molecule has 0 fully saturated rings. The third kappa shape index (κ3) is 3.52. The maximum atomic E-state index is 11.6. The normalized spacial score (nSPS) is 11.8. The van der Waals surface area contributed by atoms with Gasteiger partial charge in [0.1, 0.15) is 11.6 Å². The molecule has 0 saturated carbocycles. The van der Waals surface area contributed by atoms with Crippen molar-refractivity contribution in [1.29, 1.82) is 0 Å². The van der Waals surface area contributed by atoms with Crippen molar-refractivity contribution >= 4 is 21.1 Å². The number of methoxy groups -OCH3 is 1. The topological polar surface area (TPSA) is 87.2 Å². The number of rotatable bonds is 6. The predicted octanol–water partition coefficient (Wildman–Crippen LogP) is 3.16. The fraction of sp³-hybridized carbons (Fsp3) is 0.278. The van der Waals surface area contributed by atoms with E-state index in [2.05, 4.69) is 16.5 Å². The van der Waals surface area contributed by atoms with E-state index in [-0.39, 0.29) is 4.90 Å². The van der Waals surface area contributed by atoms with E-state index in [9.17, 15) is 8.42 Å². The average Bonchev–Trinajstić information content (AvgIpc) is 2.97. The van der Waals surface area contributed by atoms with Gasteiger partial charge in [-0.1, -0.05) is 25.5 Å². The number of primary sulfonamides is 1. The van der Waals surface area contributed by atoms with Gasteiger partial charge in [-0.05, 0) is 36.8 Å². The van der Waals surface area contributed by atoms with Gasteiger partial charge < -0.3 is 9.30 Å². The highest BCUT2D eigenvalue weighted by atomic mass is 32.2. The molecule has 25 heavy (non-hydrogen) atoms.